The number of nitrogens with two attached hydrogens (primary N) is 4. The summed E-state index contributed by atoms with van der Waals surface area (Å²) in [5.74, 6) is -0.707. The molecule has 7 nitrogen and oxygen atoms in total. The molecule has 0 fully saturated rings. The molecule has 0 aliphatic heterocycles. The molecular weight excluding hydrogens is 296 g/mol. The minimum Gasteiger partial charge on any atom is -0.487 e. The molecule has 2 unspecified atom stereocenters. The molecule has 21 heavy (non-hydrogen) atoms. The molecule has 0 radical (unpaired) electrons. The molecule has 8 heteroatoms. The minimum atomic E-state index is -0.786. The zero-order valence-corrected chi connectivity index (χ0v) is 12.1. The lowest BCUT2D eigenvalue weighted by Gasteiger charge is -2.29. The van der Waals surface area contributed by atoms with E-state index in [0.29, 0.717) is 10.8 Å². The summed E-state index contributed by atoms with van der Waals surface area (Å²) < 4.78 is 5.67. The smallest absolute Gasteiger partial charge is 0.219 e. The molecular formula is C13H19ClN4O3. The van der Waals surface area contributed by atoms with Crippen LogP contribution in [0.5, 0.6) is 5.75 Å². The third-order valence-electron chi connectivity index (χ3n) is 2.80. The van der Waals surface area contributed by atoms with Crippen LogP contribution in [0.2, 0.25) is 5.02 Å². The molecule has 0 aliphatic carbocycles. The Labute approximate surface area is 127 Å². The Morgan fingerprint density at radius 1 is 1.00 bits per heavy atom. The Hall–Kier alpha value is -1.83. The van der Waals surface area contributed by atoms with Crippen LogP contribution in [-0.4, -0.2) is 30.0 Å². The highest BCUT2D eigenvalue weighted by atomic mass is 35.5. The lowest BCUT2D eigenvalue weighted by Crippen LogP contribution is -2.53. The summed E-state index contributed by atoms with van der Waals surface area (Å²) in [4.78, 5) is 22.0. The van der Waals surface area contributed by atoms with Crippen LogP contribution in [0.1, 0.15) is 12.8 Å². The number of carbonyl (C=O) groups excluding carboxylic acids is 2. The van der Waals surface area contributed by atoms with Gasteiger partial charge < -0.3 is 27.7 Å². The first-order chi connectivity index (χ1) is 9.79. The Morgan fingerprint density at radius 2 is 1.43 bits per heavy atom. The van der Waals surface area contributed by atoms with Crippen molar-refractivity contribution in [1.29, 1.82) is 0 Å². The van der Waals surface area contributed by atoms with E-state index in [2.05, 4.69) is 0 Å². The summed E-state index contributed by atoms with van der Waals surface area (Å²) in [5.41, 5.74) is 22.0. The van der Waals surface area contributed by atoms with Crippen molar-refractivity contribution in [3.8, 4) is 5.75 Å². The van der Waals surface area contributed by atoms with Crippen LogP contribution in [-0.2, 0) is 9.59 Å². The fourth-order valence-corrected chi connectivity index (χ4v) is 1.99. The highest BCUT2D eigenvalue weighted by Crippen LogP contribution is 2.19. The Bertz CT molecular complexity index is 473. The number of amides is 2. The molecule has 0 saturated heterocycles. The summed E-state index contributed by atoms with van der Waals surface area (Å²) in [6.07, 6.45) is -1.03. The molecule has 1 aromatic rings. The predicted molar refractivity (Wildman–Crippen MR) is 79.4 cm³/mol. The summed E-state index contributed by atoms with van der Waals surface area (Å²) in [7, 11) is 0. The monoisotopic (exact) mass is 314 g/mol. The Kier molecular flexibility index (Phi) is 6.41. The van der Waals surface area contributed by atoms with Crippen molar-refractivity contribution >= 4 is 23.4 Å². The molecule has 0 aliphatic rings. The van der Waals surface area contributed by atoms with E-state index in [9.17, 15) is 9.59 Å². The number of halogens is 1. The number of hydrogen-bond acceptors (Lipinski definition) is 5. The van der Waals surface area contributed by atoms with E-state index in [1.54, 1.807) is 24.3 Å². The van der Waals surface area contributed by atoms with Gasteiger partial charge in [0.15, 0.2) is 0 Å². The van der Waals surface area contributed by atoms with E-state index in [-0.39, 0.29) is 12.8 Å². The van der Waals surface area contributed by atoms with Gasteiger partial charge >= 0.3 is 0 Å². The molecule has 0 heterocycles. The fraction of sp³-hybridized carbons (Fsp3) is 0.385. The fourth-order valence-electron chi connectivity index (χ4n) is 1.86. The van der Waals surface area contributed by atoms with Crippen LogP contribution in [0, 0.1) is 0 Å². The second kappa shape index (κ2) is 7.82. The van der Waals surface area contributed by atoms with E-state index in [0.717, 1.165) is 0 Å². The number of primary amides is 2. The van der Waals surface area contributed by atoms with Crippen molar-refractivity contribution in [2.75, 3.05) is 0 Å². The van der Waals surface area contributed by atoms with Crippen LogP contribution < -0.4 is 27.7 Å². The number of ether oxygens (including phenoxy) is 1. The maximum Gasteiger partial charge on any atom is 0.219 e. The average molecular weight is 315 g/mol. The van der Waals surface area contributed by atoms with E-state index < -0.39 is 30.0 Å². The first-order valence-corrected chi connectivity index (χ1v) is 6.67. The molecule has 0 spiro atoms. The first kappa shape index (κ1) is 17.2. The summed E-state index contributed by atoms with van der Waals surface area (Å²) in [6.45, 7) is 0. The Balaban J connectivity index is 2.86. The van der Waals surface area contributed by atoms with E-state index in [1.807, 2.05) is 0 Å². The van der Waals surface area contributed by atoms with Crippen molar-refractivity contribution in [1.82, 2.24) is 0 Å². The number of rotatable bonds is 8. The maximum atomic E-state index is 11.0. The highest BCUT2D eigenvalue weighted by Gasteiger charge is 2.29. The van der Waals surface area contributed by atoms with Gasteiger partial charge in [-0.05, 0) is 24.3 Å². The predicted octanol–water partition coefficient (Wildman–Crippen LogP) is -0.507. The SMILES string of the molecule is NC(=O)CC(N)C(Oc1ccc(Cl)cc1)C(N)CC(N)=O. The van der Waals surface area contributed by atoms with Crippen LogP contribution in [0.25, 0.3) is 0 Å². The van der Waals surface area contributed by atoms with Crippen molar-refractivity contribution in [3.05, 3.63) is 29.3 Å². The van der Waals surface area contributed by atoms with Gasteiger partial charge in [-0.15, -0.1) is 0 Å². The van der Waals surface area contributed by atoms with Crippen molar-refractivity contribution in [2.45, 2.75) is 31.0 Å². The molecule has 8 N–H and O–H groups in total. The van der Waals surface area contributed by atoms with Gasteiger partial charge in [-0.1, -0.05) is 11.6 Å². The number of benzene rings is 1. The standard InChI is InChI=1S/C13H19ClN4O3/c14-7-1-3-8(4-2-7)21-13(9(15)5-11(17)19)10(16)6-12(18)20/h1-4,9-10,13H,5-6,15-16H2,(H2,17,19)(H2,18,20). The first-order valence-electron chi connectivity index (χ1n) is 6.29. The average Bonchev–Trinajstić information content (AvgIpc) is 2.36. The van der Waals surface area contributed by atoms with Gasteiger partial charge in [0.2, 0.25) is 11.8 Å². The Morgan fingerprint density at radius 3 is 1.81 bits per heavy atom. The van der Waals surface area contributed by atoms with Gasteiger partial charge in [0, 0.05) is 17.9 Å². The third-order valence-corrected chi connectivity index (χ3v) is 3.06. The highest BCUT2D eigenvalue weighted by molar-refractivity contribution is 6.30. The van der Waals surface area contributed by atoms with Gasteiger partial charge in [0.25, 0.3) is 0 Å². The minimum absolute atomic E-state index is 0.120. The lowest BCUT2D eigenvalue weighted by molar-refractivity contribution is -0.119. The quantitative estimate of drug-likeness (QED) is 0.510. The van der Waals surface area contributed by atoms with Gasteiger partial charge in [-0.3, -0.25) is 9.59 Å². The summed E-state index contributed by atoms with van der Waals surface area (Å²) in [6, 6.07) is 5.01. The third kappa shape index (κ3) is 5.99. The van der Waals surface area contributed by atoms with Gasteiger partial charge in [-0.2, -0.15) is 0 Å². The second-order valence-corrected chi connectivity index (χ2v) is 5.14. The van der Waals surface area contributed by atoms with Gasteiger partial charge in [0.05, 0.1) is 12.1 Å². The van der Waals surface area contributed by atoms with Gasteiger partial charge in [-0.25, -0.2) is 0 Å². The van der Waals surface area contributed by atoms with Crippen molar-refractivity contribution in [2.24, 2.45) is 22.9 Å². The largest absolute Gasteiger partial charge is 0.487 e. The summed E-state index contributed by atoms with van der Waals surface area (Å²) in [5, 5.41) is 0.543. The molecule has 0 aromatic heterocycles. The topological polar surface area (TPSA) is 147 Å². The molecule has 2 amide bonds. The molecule has 0 saturated carbocycles. The zero-order chi connectivity index (χ0) is 16.0. The molecule has 1 rings (SSSR count). The van der Waals surface area contributed by atoms with Crippen LogP contribution >= 0.6 is 11.6 Å². The molecule has 0 bridgehead atoms. The summed E-state index contributed by atoms with van der Waals surface area (Å²) >= 11 is 5.78. The number of carbonyl (C=O) groups is 2. The van der Waals surface area contributed by atoms with E-state index in [4.69, 9.17) is 39.3 Å². The van der Waals surface area contributed by atoms with Crippen LogP contribution in [0.4, 0.5) is 0 Å². The number of hydrogen-bond donors (Lipinski definition) is 4. The lowest BCUT2D eigenvalue weighted by atomic mass is 9.98. The molecule has 1 aromatic carbocycles. The van der Waals surface area contributed by atoms with Crippen molar-refractivity contribution < 1.29 is 14.3 Å². The zero-order valence-electron chi connectivity index (χ0n) is 11.4. The van der Waals surface area contributed by atoms with Crippen LogP contribution in [0.3, 0.4) is 0 Å². The van der Waals surface area contributed by atoms with Gasteiger partial charge in [0.1, 0.15) is 11.9 Å². The molecule has 2 atom stereocenters. The van der Waals surface area contributed by atoms with E-state index >= 15 is 0 Å². The normalized spacial score (nSPS) is 15.0. The van der Waals surface area contributed by atoms with E-state index in [1.165, 1.54) is 0 Å². The van der Waals surface area contributed by atoms with Crippen molar-refractivity contribution in [3.63, 3.8) is 0 Å². The second-order valence-electron chi connectivity index (χ2n) is 4.70. The molecule has 116 valence electrons. The maximum absolute atomic E-state index is 11.0. The van der Waals surface area contributed by atoms with Crippen LogP contribution in [0.15, 0.2) is 24.3 Å².